The molecular formula is C17H17ClN2O2S. The van der Waals surface area contributed by atoms with Crippen LogP contribution in [0.5, 0.6) is 0 Å². The van der Waals surface area contributed by atoms with Gasteiger partial charge in [-0.25, -0.2) is 0 Å². The minimum Gasteiger partial charge on any atom is -0.291 e. The van der Waals surface area contributed by atoms with E-state index in [1.54, 1.807) is 11.0 Å². The summed E-state index contributed by atoms with van der Waals surface area (Å²) in [5.74, 6) is -0.868. The molecule has 3 rings (SSSR count). The van der Waals surface area contributed by atoms with E-state index < -0.39 is 11.7 Å². The molecule has 0 atom stereocenters. The molecular weight excluding hydrogens is 332 g/mol. The smallest absolute Gasteiger partial charge is 0.291 e. The van der Waals surface area contributed by atoms with Crippen LogP contribution in [0.3, 0.4) is 0 Å². The number of rotatable bonds is 5. The maximum Gasteiger partial charge on any atom is 0.300 e. The highest BCUT2D eigenvalue weighted by atomic mass is 35.5. The summed E-state index contributed by atoms with van der Waals surface area (Å²) in [6.45, 7) is 5.82. The predicted octanol–water partition coefficient (Wildman–Crippen LogP) is 3.72. The van der Waals surface area contributed by atoms with Crippen LogP contribution >= 0.6 is 22.9 Å². The third kappa shape index (κ3) is 3.17. The number of amides is 1. The van der Waals surface area contributed by atoms with Gasteiger partial charge in [-0.15, -0.1) is 11.3 Å². The molecule has 0 radical (unpaired) electrons. The minimum absolute atomic E-state index is 0.395. The van der Waals surface area contributed by atoms with Crippen molar-refractivity contribution in [2.45, 2.75) is 20.4 Å². The van der Waals surface area contributed by atoms with E-state index in [0.717, 1.165) is 21.3 Å². The summed E-state index contributed by atoms with van der Waals surface area (Å²) in [4.78, 5) is 29.3. The van der Waals surface area contributed by atoms with E-state index in [1.807, 2.05) is 38.1 Å². The third-order valence-corrected chi connectivity index (χ3v) is 5.14. The van der Waals surface area contributed by atoms with Crippen LogP contribution in [0.2, 0.25) is 4.34 Å². The molecule has 0 spiro atoms. The number of ketones is 1. The van der Waals surface area contributed by atoms with Crippen molar-refractivity contribution >= 4 is 40.3 Å². The molecule has 1 aromatic heterocycles. The van der Waals surface area contributed by atoms with Crippen molar-refractivity contribution in [1.29, 1.82) is 0 Å². The van der Waals surface area contributed by atoms with E-state index in [2.05, 4.69) is 4.90 Å². The van der Waals surface area contributed by atoms with E-state index in [9.17, 15) is 9.59 Å². The lowest BCUT2D eigenvalue weighted by molar-refractivity contribution is -0.114. The summed E-state index contributed by atoms with van der Waals surface area (Å²) in [6.07, 6.45) is 0. The Morgan fingerprint density at radius 1 is 1.22 bits per heavy atom. The molecule has 2 aromatic rings. The van der Waals surface area contributed by atoms with E-state index in [-0.39, 0.29) is 0 Å². The first-order chi connectivity index (χ1) is 11.0. The lowest BCUT2D eigenvalue weighted by Crippen LogP contribution is -2.40. The van der Waals surface area contributed by atoms with Crippen LogP contribution in [-0.2, 0) is 11.3 Å². The molecule has 6 heteroatoms. The van der Waals surface area contributed by atoms with Gasteiger partial charge in [-0.1, -0.05) is 30.2 Å². The molecule has 23 heavy (non-hydrogen) atoms. The van der Waals surface area contributed by atoms with Gasteiger partial charge in [-0.2, -0.15) is 0 Å². The summed E-state index contributed by atoms with van der Waals surface area (Å²) >= 11 is 7.50. The predicted molar refractivity (Wildman–Crippen MR) is 93.3 cm³/mol. The summed E-state index contributed by atoms with van der Waals surface area (Å²) in [7, 11) is 0. The zero-order valence-corrected chi connectivity index (χ0v) is 14.6. The fourth-order valence-electron chi connectivity index (χ4n) is 2.67. The molecule has 1 aliphatic heterocycles. The zero-order chi connectivity index (χ0) is 16.6. The number of aryl methyl sites for hydroxylation is 1. The third-order valence-electron chi connectivity index (χ3n) is 3.92. The second-order valence-electron chi connectivity index (χ2n) is 5.58. The van der Waals surface area contributed by atoms with Crippen LogP contribution < -0.4 is 4.90 Å². The zero-order valence-electron chi connectivity index (χ0n) is 13.0. The largest absolute Gasteiger partial charge is 0.300 e. The van der Waals surface area contributed by atoms with E-state index in [1.165, 1.54) is 11.3 Å². The van der Waals surface area contributed by atoms with Crippen LogP contribution in [-0.4, -0.2) is 29.8 Å². The van der Waals surface area contributed by atoms with Gasteiger partial charge in [-0.05, 0) is 37.7 Å². The van der Waals surface area contributed by atoms with Crippen molar-refractivity contribution in [2.75, 3.05) is 18.1 Å². The normalized spacial score (nSPS) is 14.0. The first-order valence-corrected chi connectivity index (χ1v) is 8.62. The molecule has 4 nitrogen and oxygen atoms in total. The van der Waals surface area contributed by atoms with Gasteiger partial charge in [0.05, 0.1) is 22.3 Å². The number of hydrogen-bond donors (Lipinski definition) is 0. The molecule has 0 bridgehead atoms. The number of fused-ring (bicyclic) bond motifs is 1. The Hall–Kier alpha value is -1.69. The van der Waals surface area contributed by atoms with E-state index >= 15 is 0 Å². The van der Waals surface area contributed by atoms with Crippen molar-refractivity contribution in [3.63, 3.8) is 0 Å². The summed E-state index contributed by atoms with van der Waals surface area (Å²) in [6, 6.07) is 9.42. The van der Waals surface area contributed by atoms with Gasteiger partial charge in [0.1, 0.15) is 0 Å². The fourth-order valence-corrected chi connectivity index (χ4v) is 3.80. The monoisotopic (exact) mass is 348 g/mol. The molecule has 0 aliphatic carbocycles. The average Bonchev–Trinajstić information content (AvgIpc) is 3.03. The number of halogens is 1. The molecule has 2 heterocycles. The first-order valence-electron chi connectivity index (χ1n) is 7.43. The molecule has 120 valence electrons. The maximum atomic E-state index is 12.3. The Kier molecular flexibility index (Phi) is 4.53. The highest BCUT2D eigenvalue weighted by Gasteiger charge is 2.36. The molecule has 0 N–H and O–H groups in total. The van der Waals surface area contributed by atoms with Crippen LogP contribution in [0, 0.1) is 6.92 Å². The Morgan fingerprint density at radius 3 is 2.65 bits per heavy atom. The van der Waals surface area contributed by atoms with Gasteiger partial charge in [0, 0.05) is 11.4 Å². The second-order valence-corrected chi connectivity index (χ2v) is 7.37. The van der Waals surface area contributed by atoms with Gasteiger partial charge < -0.3 is 0 Å². The van der Waals surface area contributed by atoms with Gasteiger partial charge in [-0.3, -0.25) is 19.4 Å². The number of Topliss-reactive ketones (excluding diaryl/α,β-unsaturated/α-hetero) is 1. The quantitative estimate of drug-likeness (QED) is 0.773. The number of nitrogens with zero attached hydrogens (tertiary/aromatic N) is 2. The highest BCUT2D eigenvalue weighted by molar-refractivity contribution is 7.16. The highest BCUT2D eigenvalue weighted by Crippen LogP contribution is 2.30. The fraction of sp³-hybridized carbons (Fsp3) is 0.294. The topological polar surface area (TPSA) is 40.6 Å². The van der Waals surface area contributed by atoms with Gasteiger partial charge in [0.15, 0.2) is 0 Å². The molecule has 1 aliphatic rings. The molecule has 0 fully saturated rings. The van der Waals surface area contributed by atoms with Crippen molar-refractivity contribution in [2.24, 2.45) is 0 Å². The number of hydrogen-bond acceptors (Lipinski definition) is 4. The SMILES string of the molecule is CCN(Cc1ccc(Cl)s1)CN1C(=O)C(=O)c2cc(C)ccc21. The minimum atomic E-state index is -0.451. The average molecular weight is 349 g/mol. The number of carbonyl (C=O) groups is 2. The van der Waals surface area contributed by atoms with Crippen LogP contribution in [0.25, 0.3) is 0 Å². The number of carbonyl (C=O) groups excluding carboxylic acids is 2. The van der Waals surface area contributed by atoms with Gasteiger partial charge in [0.25, 0.3) is 5.78 Å². The van der Waals surface area contributed by atoms with E-state index in [4.69, 9.17) is 11.6 Å². The molecule has 0 saturated carbocycles. The lowest BCUT2D eigenvalue weighted by atomic mass is 10.1. The summed E-state index contributed by atoms with van der Waals surface area (Å²) in [5, 5.41) is 0. The Balaban J connectivity index is 1.81. The Bertz CT molecular complexity index is 772. The van der Waals surface area contributed by atoms with Crippen molar-refractivity contribution < 1.29 is 9.59 Å². The number of thiophene rings is 1. The molecule has 0 saturated heterocycles. The van der Waals surface area contributed by atoms with Crippen molar-refractivity contribution in [3.8, 4) is 0 Å². The first kappa shape index (κ1) is 16.2. The Morgan fingerprint density at radius 2 is 2.00 bits per heavy atom. The maximum absolute atomic E-state index is 12.3. The van der Waals surface area contributed by atoms with Gasteiger partial charge >= 0.3 is 5.91 Å². The lowest BCUT2D eigenvalue weighted by Gasteiger charge is -2.26. The van der Waals surface area contributed by atoms with Crippen LogP contribution in [0.4, 0.5) is 5.69 Å². The Labute approximate surface area is 144 Å². The molecule has 0 unspecified atom stereocenters. The van der Waals surface area contributed by atoms with Crippen molar-refractivity contribution in [3.05, 3.63) is 50.7 Å². The van der Waals surface area contributed by atoms with E-state index in [0.29, 0.717) is 24.5 Å². The standard InChI is InChI=1S/C17H17ClN2O2S/c1-3-19(9-12-5-7-15(18)23-12)10-20-14-6-4-11(2)8-13(14)16(21)17(20)22/h4-8H,3,9-10H2,1-2H3. The van der Waals surface area contributed by atoms with Gasteiger partial charge in [0.2, 0.25) is 0 Å². The van der Waals surface area contributed by atoms with Crippen LogP contribution in [0.15, 0.2) is 30.3 Å². The second kappa shape index (κ2) is 6.43. The number of benzene rings is 1. The van der Waals surface area contributed by atoms with Crippen molar-refractivity contribution in [1.82, 2.24) is 4.90 Å². The molecule has 1 amide bonds. The molecule has 1 aromatic carbocycles. The number of anilines is 1. The summed E-state index contributed by atoms with van der Waals surface area (Å²) < 4.78 is 0.754. The van der Waals surface area contributed by atoms with Crippen LogP contribution in [0.1, 0.15) is 27.7 Å². The summed E-state index contributed by atoms with van der Waals surface area (Å²) in [5.41, 5.74) is 2.19.